The van der Waals surface area contributed by atoms with Crippen molar-refractivity contribution in [1.29, 1.82) is 0 Å². The molecule has 8 heteroatoms. The molecular weight excluding hydrogens is 262 g/mol. The molecule has 0 aliphatic heterocycles. The lowest BCUT2D eigenvalue weighted by Gasteiger charge is -1.98. The predicted octanol–water partition coefficient (Wildman–Crippen LogP) is -0.689. The van der Waals surface area contributed by atoms with Gasteiger partial charge in [0.15, 0.2) is 5.78 Å². The van der Waals surface area contributed by atoms with Crippen LogP contribution in [0.3, 0.4) is 0 Å². The van der Waals surface area contributed by atoms with Crippen LogP contribution in [0, 0.1) is 0 Å². The highest BCUT2D eigenvalue weighted by molar-refractivity contribution is 6.03. The topological polar surface area (TPSA) is 161 Å². The van der Waals surface area contributed by atoms with E-state index >= 15 is 0 Å². The van der Waals surface area contributed by atoms with Gasteiger partial charge >= 0.3 is 5.69 Å². The number of fused-ring (bicyclic) bond motifs is 1. The molecule has 0 radical (unpaired) electrons. The van der Waals surface area contributed by atoms with Gasteiger partial charge in [-0.25, -0.2) is 4.79 Å². The number of aromatic amines is 2. The van der Waals surface area contributed by atoms with Crippen molar-refractivity contribution in [2.24, 2.45) is 17.2 Å². The first-order valence-corrected chi connectivity index (χ1v) is 5.72. The van der Waals surface area contributed by atoms with Crippen molar-refractivity contribution in [1.82, 2.24) is 9.97 Å². The monoisotopic (exact) mass is 285 g/mol. The van der Waals surface area contributed by atoms with Gasteiger partial charge in [0.25, 0.3) is 0 Å². The van der Waals surface area contributed by atoms with E-state index in [4.69, 9.17) is 5.73 Å². The molecule has 0 aliphatic carbocycles. The van der Waals surface area contributed by atoms with E-state index in [1.54, 1.807) is 0 Å². The third kappa shape index (κ3) is 5.46. The Morgan fingerprint density at radius 3 is 1.80 bits per heavy atom. The molecule has 1 atom stereocenters. The number of nitrogens with one attached hydrogen (secondary N) is 2. The summed E-state index contributed by atoms with van der Waals surface area (Å²) >= 11 is 0. The molecule has 0 aliphatic rings. The number of carbonyl (C=O) groups is 2. The Kier molecular flexibility index (Phi) is 7.56. The van der Waals surface area contributed by atoms with Crippen LogP contribution in [0.25, 0.3) is 11.0 Å². The summed E-state index contributed by atoms with van der Waals surface area (Å²) in [6.45, 7) is 1.22. The molecule has 0 bridgehead atoms. The second-order valence-corrected chi connectivity index (χ2v) is 3.62. The Balaban J connectivity index is -0.000000279. The standard InChI is InChI=1S/C7H6N2O.C4H8N2O2.CH5N.2H2/c10-7-8-5-3-1-2-4-6(5)9-7;1-2(7)3(5)4(6)8;1-2;;/h1-4H,(H2,8,9,10);3H,5H2,1H3,(H2,6,8);2H2,1H3;2*1H. The predicted molar refractivity (Wildman–Crippen MR) is 81.1 cm³/mol. The molecule has 0 spiro atoms. The van der Waals surface area contributed by atoms with Crippen LogP contribution < -0.4 is 22.9 Å². The number of primary amides is 1. The fourth-order valence-electron chi connectivity index (χ4n) is 1.18. The first kappa shape index (κ1) is 17.6. The van der Waals surface area contributed by atoms with E-state index in [0.717, 1.165) is 11.0 Å². The molecule has 8 nitrogen and oxygen atoms in total. The van der Waals surface area contributed by atoms with E-state index in [-0.39, 0.29) is 8.54 Å². The summed E-state index contributed by atoms with van der Waals surface area (Å²) in [7, 11) is 1.50. The molecule has 2 aromatic rings. The molecular formula is C12H23N5O3. The number of amides is 1. The van der Waals surface area contributed by atoms with Crippen molar-refractivity contribution in [3.8, 4) is 0 Å². The normalized spacial score (nSPS) is 10.6. The van der Waals surface area contributed by atoms with Crippen LogP contribution in [-0.2, 0) is 9.59 Å². The Morgan fingerprint density at radius 2 is 1.55 bits per heavy atom. The maximum Gasteiger partial charge on any atom is 0.323 e. The number of hydrogen-bond donors (Lipinski definition) is 5. The molecule has 1 amide bonds. The van der Waals surface area contributed by atoms with Crippen LogP contribution in [0.15, 0.2) is 29.1 Å². The van der Waals surface area contributed by atoms with Crippen LogP contribution in [0.2, 0.25) is 0 Å². The number of para-hydroxylation sites is 2. The summed E-state index contributed by atoms with van der Waals surface area (Å²) in [5, 5.41) is 0. The van der Waals surface area contributed by atoms with Crippen LogP contribution in [0.4, 0.5) is 0 Å². The van der Waals surface area contributed by atoms with Crippen LogP contribution in [-0.4, -0.2) is 34.7 Å². The third-order valence-corrected chi connectivity index (χ3v) is 2.17. The SMILES string of the molecule is CC(=O)C(N)C(N)=O.CN.O=c1[nH]c2ccccc2[nH]1.[HH].[HH]. The quantitative estimate of drug-likeness (QED) is 0.461. The van der Waals surface area contributed by atoms with E-state index < -0.39 is 17.7 Å². The second-order valence-electron chi connectivity index (χ2n) is 3.62. The summed E-state index contributed by atoms with van der Waals surface area (Å²) in [6, 6.07) is 6.34. The number of ketones is 1. The van der Waals surface area contributed by atoms with Crippen LogP contribution in [0.1, 0.15) is 9.78 Å². The highest BCUT2D eigenvalue weighted by Gasteiger charge is 2.12. The Bertz CT molecular complexity index is 576. The van der Waals surface area contributed by atoms with Crippen molar-refractivity contribution in [3.05, 3.63) is 34.7 Å². The highest BCUT2D eigenvalue weighted by atomic mass is 16.2. The minimum absolute atomic E-state index is 0. The van der Waals surface area contributed by atoms with E-state index in [2.05, 4.69) is 21.4 Å². The number of imidazole rings is 1. The summed E-state index contributed by atoms with van der Waals surface area (Å²) in [6.07, 6.45) is 0. The summed E-state index contributed by atoms with van der Waals surface area (Å²) < 4.78 is 0. The number of H-pyrrole nitrogens is 2. The lowest BCUT2D eigenvalue weighted by atomic mass is 10.2. The molecule has 1 aromatic carbocycles. The molecule has 0 saturated heterocycles. The fraction of sp³-hybridized carbons (Fsp3) is 0.250. The minimum atomic E-state index is -1.13. The summed E-state index contributed by atoms with van der Waals surface area (Å²) in [5.74, 6) is -1.19. The number of carbonyl (C=O) groups excluding carboxylic acids is 2. The molecule has 1 unspecified atom stereocenters. The van der Waals surface area contributed by atoms with Crippen LogP contribution >= 0.6 is 0 Å². The number of benzene rings is 1. The third-order valence-electron chi connectivity index (χ3n) is 2.17. The molecule has 20 heavy (non-hydrogen) atoms. The molecule has 1 heterocycles. The average molecular weight is 285 g/mol. The van der Waals surface area contributed by atoms with Gasteiger partial charge in [0.1, 0.15) is 6.04 Å². The van der Waals surface area contributed by atoms with Crippen LogP contribution in [0.5, 0.6) is 0 Å². The Morgan fingerprint density at radius 1 is 1.15 bits per heavy atom. The van der Waals surface area contributed by atoms with Crippen molar-refractivity contribution in [2.45, 2.75) is 13.0 Å². The van der Waals surface area contributed by atoms with Gasteiger partial charge in [-0.15, -0.1) is 0 Å². The largest absolute Gasteiger partial charge is 0.368 e. The maximum atomic E-state index is 10.7. The molecule has 2 rings (SSSR count). The van der Waals surface area contributed by atoms with Gasteiger partial charge in [-0.1, -0.05) is 12.1 Å². The van der Waals surface area contributed by atoms with Gasteiger partial charge in [0, 0.05) is 2.85 Å². The zero-order valence-corrected chi connectivity index (χ0v) is 11.3. The van der Waals surface area contributed by atoms with Crippen molar-refractivity contribution in [3.63, 3.8) is 0 Å². The van der Waals surface area contributed by atoms with Gasteiger partial charge in [0.05, 0.1) is 11.0 Å². The molecule has 114 valence electrons. The van der Waals surface area contributed by atoms with Crippen molar-refractivity contribution in [2.75, 3.05) is 7.05 Å². The van der Waals surface area contributed by atoms with Crippen molar-refractivity contribution >= 4 is 22.7 Å². The smallest absolute Gasteiger partial charge is 0.323 e. The number of Topliss-reactive ketones (excluding diaryl/α,β-unsaturated/α-hetero) is 1. The number of nitrogens with two attached hydrogens (primary N) is 3. The first-order valence-electron chi connectivity index (χ1n) is 5.72. The molecule has 1 aromatic heterocycles. The Labute approximate surface area is 118 Å². The summed E-state index contributed by atoms with van der Waals surface area (Å²) in [4.78, 5) is 36.1. The van der Waals surface area contributed by atoms with Gasteiger partial charge in [-0.05, 0) is 26.1 Å². The number of aromatic nitrogens is 2. The average Bonchev–Trinajstić information content (AvgIpc) is 2.80. The highest BCUT2D eigenvalue weighted by Crippen LogP contribution is 2.03. The first-order chi connectivity index (χ1) is 9.41. The van der Waals surface area contributed by atoms with E-state index in [1.165, 1.54) is 14.0 Å². The number of hydrogen-bond acceptors (Lipinski definition) is 5. The van der Waals surface area contributed by atoms with E-state index in [9.17, 15) is 14.4 Å². The van der Waals surface area contributed by atoms with Gasteiger partial charge in [0.2, 0.25) is 5.91 Å². The zero-order valence-electron chi connectivity index (χ0n) is 11.3. The lowest BCUT2D eigenvalue weighted by molar-refractivity contribution is -0.127. The van der Waals surface area contributed by atoms with Crippen molar-refractivity contribution < 1.29 is 12.4 Å². The maximum absolute atomic E-state index is 10.7. The zero-order chi connectivity index (χ0) is 15.7. The minimum Gasteiger partial charge on any atom is -0.368 e. The summed E-state index contributed by atoms with van der Waals surface area (Å²) in [5.41, 5.74) is 15.6. The second kappa shape index (κ2) is 8.62. The van der Waals surface area contributed by atoms with Gasteiger partial charge in [-0.3, -0.25) is 9.59 Å². The molecule has 0 fully saturated rings. The number of rotatable bonds is 2. The van der Waals surface area contributed by atoms with E-state index in [1.807, 2.05) is 24.3 Å². The fourth-order valence-corrected chi connectivity index (χ4v) is 1.18. The molecule has 0 saturated carbocycles. The van der Waals surface area contributed by atoms with E-state index in [0.29, 0.717) is 0 Å². The Hall–Kier alpha value is -2.45. The molecule has 8 N–H and O–H groups in total. The van der Waals surface area contributed by atoms with Gasteiger partial charge in [-0.2, -0.15) is 0 Å². The van der Waals surface area contributed by atoms with Gasteiger partial charge < -0.3 is 27.2 Å². The lowest BCUT2D eigenvalue weighted by Crippen LogP contribution is -2.41.